The molecule has 0 saturated carbocycles. The van der Waals surface area contributed by atoms with Crippen molar-refractivity contribution in [2.45, 2.75) is 6.42 Å². The molecule has 128 valence electrons. The quantitative estimate of drug-likeness (QED) is 0.553. The summed E-state index contributed by atoms with van der Waals surface area (Å²) in [7, 11) is 0. The summed E-state index contributed by atoms with van der Waals surface area (Å²) in [5.74, 6) is 0.145. The summed E-state index contributed by atoms with van der Waals surface area (Å²) in [5, 5.41) is 6.02. The van der Waals surface area contributed by atoms with Gasteiger partial charge in [-0.05, 0) is 43.3 Å². The van der Waals surface area contributed by atoms with Gasteiger partial charge in [-0.3, -0.25) is 4.79 Å². The van der Waals surface area contributed by atoms with E-state index in [9.17, 15) is 4.79 Å². The summed E-state index contributed by atoms with van der Waals surface area (Å²) < 4.78 is 0.931. The van der Waals surface area contributed by atoms with Gasteiger partial charge in [-0.25, -0.2) is 9.97 Å². The maximum absolute atomic E-state index is 12.5. The highest BCUT2D eigenvalue weighted by Gasteiger charge is 2.16. The molecule has 3 rings (SSSR count). The van der Waals surface area contributed by atoms with Crippen molar-refractivity contribution in [3.63, 3.8) is 0 Å². The molecule has 1 amide bonds. The normalized spacial score (nSPS) is 10.6. The molecular formula is C18H18BrN5O. The van der Waals surface area contributed by atoms with Crippen molar-refractivity contribution in [1.29, 1.82) is 0 Å². The first-order valence-electron chi connectivity index (χ1n) is 7.95. The van der Waals surface area contributed by atoms with Gasteiger partial charge >= 0.3 is 0 Å². The number of carbonyl (C=O) groups is 1. The Morgan fingerprint density at radius 3 is 2.56 bits per heavy atom. The van der Waals surface area contributed by atoms with Crippen molar-refractivity contribution in [2.75, 3.05) is 18.4 Å². The lowest BCUT2D eigenvalue weighted by atomic mass is 10.2. The van der Waals surface area contributed by atoms with Crippen LogP contribution in [0.5, 0.6) is 0 Å². The Labute approximate surface area is 154 Å². The molecule has 7 heteroatoms. The summed E-state index contributed by atoms with van der Waals surface area (Å²) in [6, 6.07) is 15.1. The number of halogens is 1. The van der Waals surface area contributed by atoms with Crippen LogP contribution in [0, 0.1) is 0 Å². The van der Waals surface area contributed by atoms with Gasteiger partial charge in [0.2, 0.25) is 0 Å². The Balaban J connectivity index is 1.98. The van der Waals surface area contributed by atoms with Crippen LogP contribution in [0.1, 0.15) is 16.9 Å². The fourth-order valence-corrected chi connectivity index (χ4v) is 2.74. The van der Waals surface area contributed by atoms with Crippen molar-refractivity contribution < 1.29 is 4.79 Å². The molecule has 4 N–H and O–H groups in total. The number of para-hydroxylation sites is 2. The number of anilines is 2. The number of nitrogens with zero attached hydrogens (tertiary/aromatic N) is 2. The van der Waals surface area contributed by atoms with Crippen LogP contribution in [-0.2, 0) is 0 Å². The summed E-state index contributed by atoms with van der Waals surface area (Å²) in [4.78, 5) is 21.6. The zero-order valence-electron chi connectivity index (χ0n) is 13.5. The molecule has 1 aromatic heterocycles. The number of hydrogen-bond acceptors (Lipinski definition) is 5. The monoisotopic (exact) mass is 399 g/mol. The number of rotatable bonds is 6. The highest BCUT2D eigenvalue weighted by molar-refractivity contribution is 9.10. The van der Waals surface area contributed by atoms with E-state index in [1.165, 1.54) is 0 Å². The fraction of sp³-hybridized carbons (Fsp3) is 0.167. The predicted octanol–water partition coefficient (Wildman–Crippen LogP) is 3.21. The van der Waals surface area contributed by atoms with E-state index < -0.39 is 0 Å². The minimum Gasteiger partial charge on any atom is -0.351 e. The number of amides is 1. The molecule has 0 aliphatic carbocycles. The minimum absolute atomic E-state index is 0.260. The van der Waals surface area contributed by atoms with E-state index in [1.54, 1.807) is 0 Å². The Hall–Kier alpha value is -2.51. The van der Waals surface area contributed by atoms with Gasteiger partial charge < -0.3 is 16.4 Å². The van der Waals surface area contributed by atoms with Crippen LogP contribution in [0.4, 0.5) is 11.5 Å². The van der Waals surface area contributed by atoms with Crippen molar-refractivity contribution in [3.05, 3.63) is 58.7 Å². The molecule has 0 aliphatic rings. The molecule has 6 nitrogen and oxygen atoms in total. The topological polar surface area (TPSA) is 92.9 Å². The molecule has 25 heavy (non-hydrogen) atoms. The maximum atomic E-state index is 12.5. The van der Waals surface area contributed by atoms with E-state index in [2.05, 4.69) is 36.5 Å². The lowest BCUT2D eigenvalue weighted by Gasteiger charge is -2.12. The fourth-order valence-electron chi connectivity index (χ4n) is 2.34. The third kappa shape index (κ3) is 4.32. The van der Waals surface area contributed by atoms with Gasteiger partial charge in [-0.15, -0.1) is 0 Å². The van der Waals surface area contributed by atoms with Crippen LogP contribution in [0.2, 0.25) is 0 Å². The average Bonchev–Trinajstić information content (AvgIpc) is 2.61. The van der Waals surface area contributed by atoms with Gasteiger partial charge in [0.05, 0.1) is 11.0 Å². The lowest BCUT2D eigenvalue weighted by molar-refractivity contribution is 0.0949. The molecule has 1 heterocycles. The molecule has 0 spiro atoms. The molecule has 0 bridgehead atoms. The number of aromatic nitrogens is 2. The Kier molecular flexibility index (Phi) is 5.57. The smallest absolute Gasteiger partial charge is 0.273 e. The molecule has 0 atom stereocenters. The highest BCUT2D eigenvalue weighted by Crippen LogP contribution is 2.23. The lowest BCUT2D eigenvalue weighted by Crippen LogP contribution is -2.27. The standard InChI is InChI=1S/C18H18BrN5O/c19-12-5-3-6-13(11-12)22-17-16(18(25)21-10-4-9-20)23-14-7-1-2-8-15(14)24-17/h1-3,5-8,11H,4,9-10,20H2,(H,21,25)(H,22,24). The minimum atomic E-state index is -0.274. The second-order valence-electron chi connectivity index (χ2n) is 5.44. The molecule has 0 aliphatic heterocycles. The van der Waals surface area contributed by atoms with Gasteiger partial charge in [0.25, 0.3) is 5.91 Å². The largest absolute Gasteiger partial charge is 0.351 e. The Morgan fingerprint density at radius 2 is 1.84 bits per heavy atom. The van der Waals surface area contributed by atoms with E-state index in [-0.39, 0.29) is 11.6 Å². The van der Waals surface area contributed by atoms with Crippen LogP contribution in [0.15, 0.2) is 53.0 Å². The van der Waals surface area contributed by atoms with Crippen LogP contribution in [-0.4, -0.2) is 29.0 Å². The van der Waals surface area contributed by atoms with E-state index in [4.69, 9.17) is 5.73 Å². The van der Waals surface area contributed by atoms with Crippen LogP contribution in [0.25, 0.3) is 11.0 Å². The number of nitrogens with two attached hydrogens (primary N) is 1. The van der Waals surface area contributed by atoms with Crippen molar-refractivity contribution in [1.82, 2.24) is 15.3 Å². The maximum Gasteiger partial charge on any atom is 0.273 e. The molecule has 0 fully saturated rings. The third-order valence-corrected chi connectivity index (χ3v) is 4.03. The van der Waals surface area contributed by atoms with Gasteiger partial charge in [-0.2, -0.15) is 0 Å². The van der Waals surface area contributed by atoms with Gasteiger partial charge in [-0.1, -0.05) is 34.1 Å². The number of hydrogen-bond donors (Lipinski definition) is 3. The molecule has 2 aromatic carbocycles. The SMILES string of the molecule is NCCCNC(=O)c1nc2ccccc2nc1Nc1cccc(Br)c1. The second-order valence-corrected chi connectivity index (χ2v) is 6.36. The Bertz CT molecular complexity index is 900. The Morgan fingerprint density at radius 1 is 1.08 bits per heavy atom. The van der Waals surface area contributed by atoms with Crippen LogP contribution < -0.4 is 16.4 Å². The first-order chi connectivity index (χ1) is 12.2. The van der Waals surface area contributed by atoms with Crippen LogP contribution >= 0.6 is 15.9 Å². The summed E-state index contributed by atoms with van der Waals surface area (Å²) >= 11 is 3.44. The van der Waals surface area contributed by atoms with E-state index in [0.717, 1.165) is 15.7 Å². The van der Waals surface area contributed by atoms with Gasteiger partial charge in [0.1, 0.15) is 0 Å². The zero-order chi connectivity index (χ0) is 17.6. The highest BCUT2D eigenvalue weighted by atomic mass is 79.9. The average molecular weight is 400 g/mol. The van der Waals surface area contributed by atoms with Gasteiger partial charge in [0, 0.05) is 16.7 Å². The second kappa shape index (κ2) is 8.04. The number of carbonyl (C=O) groups excluding carboxylic acids is 1. The first kappa shape index (κ1) is 17.3. The van der Waals surface area contributed by atoms with Crippen molar-refractivity contribution >= 4 is 44.4 Å². The van der Waals surface area contributed by atoms with Crippen molar-refractivity contribution in [3.8, 4) is 0 Å². The molecule has 0 unspecified atom stereocenters. The molecule has 0 saturated heterocycles. The number of benzene rings is 2. The predicted molar refractivity (Wildman–Crippen MR) is 103 cm³/mol. The number of nitrogens with one attached hydrogen (secondary N) is 2. The van der Waals surface area contributed by atoms with Crippen LogP contribution in [0.3, 0.4) is 0 Å². The van der Waals surface area contributed by atoms with E-state index in [0.29, 0.717) is 30.8 Å². The third-order valence-electron chi connectivity index (χ3n) is 3.54. The zero-order valence-corrected chi connectivity index (χ0v) is 15.1. The molecule has 3 aromatic rings. The molecular weight excluding hydrogens is 382 g/mol. The summed E-state index contributed by atoms with van der Waals surface area (Å²) in [6.45, 7) is 1.02. The number of fused-ring (bicyclic) bond motifs is 1. The van der Waals surface area contributed by atoms with E-state index in [1.807, 2.05) is 48.5 Å². The summed E-state index contributed by atoms with van der Waals surface area (Å²) in [6.07, 6.45) is 0.709. The molecule has 0 radical (unpaired) electrons. The van der Waals surface area contributed by atoms with Crippen molar-refractivity contribution in [2.24, 2.45) is 5.73 Å². The first-order valence-corrected chi connectivity index (χ1v) is 8.74. The van der Waals surface area contributed by atoms with Gasteiger partial charge in [0.15, 0.2) is 11.5 Å². The van der Waals surface area contributed by atoms with E-state index >= 15 is 0 Å². The summed E-state index contributed by atoms with van der Waals surface area (Å²) in [5.41, 5.74) is 7.95.